The average Bonchev–Trinajstić information content (AvgIpc) is 2.92. The van der Waals surface area contributed by atoms with Crippen LogP contribution in [0, 0.1) is 13.8 Å². The Morgan fingerprint density at radius 3 is 2.21 bits per heavy atom. The quantitative estimate of drug-likeness (QED) is 0.523. The molecule has 0 saturated carbocycles. The number of hydrogen-bond donors (Lipinski definition) is 0. The number of nitrogens with zero attached hydrogens (tertiary/aromatic N) is 1. The summed E-state index contributed by atoms with van der Waals surface area (Å²) in [7, 11) is 0. The normalized spacial score (nSPS) is 14.5. The fraction of sp³-hybridized carbons (Fsp3) is 0.360. The largest absolute Gasteiger partial charge is 0.272 e. The Bertz CT molecular complexity index is 957. The predicted molar refractivity (Wildman–Crippen MR) is 123 cm³/mol. The van der Waals surface area contributed by atoms with Gasteiger partial charge in [-0.05, 0) is 61.1 Å². The molecule has 0 aliphatic carbocycles. The molecular formula is C25H29NO2S. The number of thioether (sulfide) groups is 1. The van der Waals surface area contributed by atoms with Crippen LogP contribution < -0.4 is 4.90 Å². The maximum Gasteiger partial charge on any atom is 0.272 e. The topological polar surface area (TPSA) is 37.4 Å². The van der Waals surface area contributed by atoms with Crippen LogP contribution in [0.4, 0.5) is 5.69 Å². The zero-order chi connectivity index (χ0) is 21.1. The van der Waals surface area contributed by atoms with E-state index >= 15 is 0 Å². The van der Waals surface area contributed by atoms with Crippen molar-refractivity contribution in [3.8, 4) is 0 Å². The van der Waals surface area contributed by atoms with Crippen LogP contribution in [-0.4, -0.2) is 17.1 Å². The highest BCUT2D eigenvalue weighted by Crippen LogP contribution is 2.40. The van der Waals surface area contributed by atoms with E-state index in [9.17, 15) is 9.59 Å². The van der Waals surface area contributed by atoms with E-state index in [-0.39, 0.29) is 17.1 Å². The summed E-state index contributed by atoms with van der Waals surface area (Å²) in [5, 5.41) is 0.208. The van der Waals surface area contributed by atoms with Crippen molar-refractivity contribution in [2.45, 2.75) is 59.1 Å². The van der Waals surface area contributed by atoms with Crippen LogP contribution >= 0.6 is 11.8 Å². The smallest absolute Gasteiger partial charge is 0.268 e. The zero-order valence-corrected chi connectivity index (χ0v) is 18.7. The van der Waals surface area contributed by atoms with Gasteiger partial charge >= 0.3 is 0 Å². The molecule has 3 rings (SSSR count). The lowest BCUT2D eigenvalue weighted by molar-refractivity contribution is -0.119. The molecule has 29 heavy (non-hydrogen) atoms. The van der Waals surface area contributed by atoms with E-state index in [0.717, 1.165) is 30.4 Å². The van der Waals surface area contributed by atoms with Gasteiger partial charge in [0.25, 0.3) is 11.8 Å². The Balaban J connectivity index is 2.00. The summed E-state index contributed by atoms with van der Waals surface area (Å²) in [5.74, 6) is -0.453. The maximum atomic E-state index is 13.4. The summed E-state index contributed by atoms with van der Waals surface area (Å²) in [5.41, 5.74) is 5.49. The Morgan fingerprint density at radius 2 is 1.62 bits per heavy atom. The highest BCUT2D eigenvalue weighted by Gasteiger charge is 2.40. The Labute approximate surface area is 178 Å². The molecule has 1 aliphatic heterocycles. The second-order valence-electron chi connectivity index (χ2n) is 7.89. The molecule has 0 saturated heterocycles. The van der Waals surface area contributed by atoms with Gasteiger partial charge in [-0.2, -0.15) is 0 Å². The van der Waals surface area contributed by atoms with Gasteiger partial charge < -0.3 is 0 Å². The summed E-state index contributed by atoms with van der Waals surface area (Å²) in [6.45, 7) is 10.3. The fourth-order valence-corrected chi connectivity index (χ4v) is 4.42. The molecule has 0 unspecified atom stereocenters. The van der Waals surface area contributed by atoms with Crippen molar-refractivity contribution >= 4 is 34.8 Å². The fourth-order valence-electron chi connectivity index (χ4n) is 3.43. The molecule has 152 valence electrons. The van der Waals surface area contributed by atoms with Gasteiger partial charge in [0.05, 0.1) is 16.2 Å². The van der Waals surface area contributed by atoms with Crippen LogP contribution in [0.25, 0.3) is 5.57 Å². The molecule has 0 aromatic heterocycles. The van der Waals surface area contributed by atoms with Gasteiger partial charge in [0.2, 0.25) is 0 Å². The van der Waals surface area contributed by atoms with Gasteiger partial charge in [-0.15, -0.1) is 11.8 Å². The van der Waals surface area contributed by atoms with Gasteiger partial charge in [0, 0.05) is 5.25 Å². The molecule has 1 heterocycles. The number of aryl methyl sites for hydroxylation is 3. The standard InChI is InChI=1S/C25H29NO2S/c1-6-7-8-19-10-13-21(14-11-19)26-24(27)22(23(25(26)28)29-16(2)3)20-12-9-17(4)18(5)15-20/h9-16H,6-8H2,1-5H3. The third kappa shape index (κ3) is 4.48. The van der Waals surface area contributed by atoms with E-state index in [4.69, 9.17) is 0 Å². The summed E-state index contributed by atoms with van der Waals surface area (Å²) < 4.78 is 0. The minimum absolute atomic E-state index is 0.208. The minimum atomic E-state index is -0.234. The van der Waals surface area contributed by atoms with Crippen molar-refractivity contribution in [1.29, 1.82) is 0 Å². The molecule has 3 nitrogen and oxygen atoms in total. The molecule has 0 spiro atoms. The predicted octanol–water partition coefficient (Wildman–Crippen LogP) is 6.07. The number of rotatable bonds is 7. The molecule has 1 aliphatic rings. The molecule has 2 aromatic carbocycles. The molecule has 0 radical (unpaired) electrons. The number of benzene rings is 2. The monoisotopic (exact) mass is 407 g/mol. The van der Waals surface area contributed by atoms with Crippen LogP contribution in [0.15, 0.2) is 47.4 Å². The van der Waals surface area contributed by atoms with Crippen molar-refractivity contribution in [2.24, 2.45) is 0 Å². The first-order valence-corrected chi connectivity index (χ1v) is 11.2. The van der Waals surface area contributed by atoms with Crippen LogP contribution in [0.3, 0.4) is 0 Å². The van der Waals surface area contributed by atoms with Gasteiger partial charge in [-0.25, -0.2) is 4.90 Å². The summed E-state index contributed by atoms with van der Waals surface area (Å²) in [6, 6.07) is 13.8. The molecular weight excluding hydrogens is 378 g/mol. The first kappa shape index (κ1) is 21.4. The number of imide groups is 1. The number of unbranched alkanes of at least 4 members (excludes halogenated alkanes) is 1. The molecule has 2 amide bonds. The van der Waals surface area contributed by atoms with Gasteiger partial charge in [-0.1, -0.05) is 57.5 Å². The molecule has 2 aromatic rings. The Kier molecular flexibility index (Phi) is 6.63. The average molecular weight is 408 g/mol. The molecule has 4 heteroatoms. The van der Waals surface area contributed by atoms with Crippen LogP contribution in [0.5, 0.6) is 0 Å². The van der Waals surface area contributed by atoms with E-state index in [1.165, 1.54) is 27.8 Å². The highest BCUT2D eigenvalue weighted by molar-refractivity contribution is 8.04. The minimum Gasteiger partial charge on any atom is -0.268 e. The highest BCUT2D eigenvalue weighted by atomic mass is 32.2. The maximum absolute atomic E-state index is 13.4. The number of hydrogen-bond acceptors (Lipinski definition) is 3. The Hall–Kier alpha value is -2.33. The van der Waals surface area contributed by atoms with Crippen molar-refractivity contribution in [2.75, 3.05) is 4.90 Å². The molecule has 0 fully saturated rings. The van der Waals surface area contributed by atoms with E-state index in [1.807, 2.05) is 70.2 Å². The summed E-state index contributed by atoms with van der Waals surface area (Å²) >= 11 is 1.47. The summed E-state index contributed by atoms with van der Waals surface area (Å²) in [6.07, 6.45) is 3.29. The SMILES string of the molecule is CCCCc1ccc(N2C(=O)C(SC(C)C)=C(c3ccc(C)c(C)c3)C2=O)cc1. The lowest BCUT2D eigenvalue weighted by atomic mass is 10.0. The van der Waals surface area contributed by atoms with Crippen LogP contribution in [0.1, 0.15) is 55.9 Å². The number of carbonyl (C=O) groups is 2. The van der Waals surface area contributed by atoms with E-state index in [2.05, 4.69) is 6.92 Å². The van der Waals surface area contributed by atoms with E-state index in [0.29, 0.717) is 16.2 Å². The van der Waals surface area contributed by atoms with Crippen molar-refractivity contribution in [3.05, 3.63) is 69.6 Å². The number of carbonyl (C=O) groups excluding carboxylic acids is 2. The van der Waals surface area contributed by atoms with Crippen LogP contribution in [0.2, 0.25) is 0 Å². The van der Waals surface area contributed by atoms with E-state index in [1.54, 1.807) is 0 Å². The second kappa shape index (κ2) is 9.00. The van der Waals surface area contributed by atoms with Gasteiger partial charge in [-0.3, -0.25) is 9.59 Å². The number of anilines is 1. The third-order valence-electron chi connectivity index (χ3n) is 5.20. The van der Waals surface area contributed by atoms with Crippen molar-refractivity contribution < 1.29 is 9.59 Å². The molecule has 0 bridgehead atoms. The first-order valence-electron chi connectivity index (χ1n) is 10.3. The van der Waals surface area contributed by atoms with E-state index < -0.39 is 0 Å². The Morgan fingerprint density at radius 1 is 0.931 bits per heavy atom. The van der Waals surface area contributed by atoms with Gasteiger partial charge in [0.15, 0.2) is 0 Å². The lowest BCUT2D eigenvalue weighted by Gasteiger charge is -2.16. The number of amides is 2. The first-order chi connectivity index (χ1) is 13.8. The zero-order valence-electron chi connectivity index (χ0n) is 17.9. The molecule has 0 atom stereocenters. The van der Waals surface area contributed by atoms with Crippen molar-refractivity contribution in [1.82, 2.24) is 0 Å². The van der Waals surface area contributed by atoms with Crippen molar-refractivity contribution in [3.63, 3.8) is 0 Å². The van der Waals surface area contributed by atoms with Gasteiger partial charge in [0.1, 0.15) is 0 Å². The third-order valence-corrected chi connectivity index (χ3v) is 6.29. The van der Waals surface area contributed by atoms with Crippen LogP contribution in [-0.2, 0) is 16.0 Å². The molecule has 0 N–H and O–H groups in total. The summed E-state index contributed by atoms with van der Waals surface area (Å²) in [4.78, 5) is 28.5. The second-order valence-corrected chi connectivity index (χ2v) is 9.47. The lowest BCUT2D eigenvalue weighted by Crippen LogP contribution is -2.31.